The minimum Gasteiger partial charge on any atom is -0.395 e. The van der Waals surface area contributed by atoms with Gasteiger partial charge in [-0.3, -0.25) is 0 Å². The molecule has 3 nitrogen and oxygen atoms in total. The first-order chi connectivity index (χ1) is 7.25. The van der Waals surface area contributed by atoms with E-state index in [0.717, 1.165) is 0 Å². The predicted octanol–water partition coefficient (Wildman–Crippen LogP) is 2.25. The summed E-state index contributed by atoms with van der Waals surface area (Å²) in [6, 6.07) is 0. The summed E-state index contributed by atoms with van der Waals surface area (Å²) in [7, 11) is 0. The SMILES string of the molecule is Nc1cnc(Cl)nc1C#CC1CCCC1. The van der Waals surface area contributed by atoms with E-state index in [2.05, 4.69) is 21.8 Å². The zero-order chi connectivity index (χ0) is 10.7. The first-order valence-electron chi connectivity index (χ1n) is 5.05. The van der Waals surface area contributed by atoms with Crippen molar-refractivity contribution in [2.24, 2.45) is 5.92 Å². The van der Waals surface area contributed by atoms with Crippen LogP contribution in [0.4, 0.5) is 5.69 Å². The van der Waals surface area contributed by atoms with Gasteiger partial charge in [-0.05, 0) is 30.4 Å². The van der Waals surface area contributed by atoms with Crippen molar-refractivity contribution in [3.8, 4) is 11.8 Å². The molecule has 4 heteroatoms. The van der Waals surface area contributed by atoms with Gasteiger partial charge in [-0.15, -0.1) is 0 Å². The average molecular weight is 222 g/mol. The highest BCUT2D eigenvalue weighted by Crippen LogP contribution is 2.23. The Labute approximate surface area is 94.1 Å². The summed E-state index contributed by atoms with van der Waals surface area (Å²) in [5.74, 6) is 6.67. The molecule has 0 saturated heterocycles. The van der Waals surface area contributed by atoms with Crippen LogP contribution in [0.3, 0.4) is 0 Å². The maximum Gasteiger partial charge on any atom is 0.223 e. The van der Waals surface area contributed by atoms with Gasteiger partial charge in [-0.25, -0.2) is 9.97 Å². The van der Waals surface area contributed by atoms with E-state index in [-0.39, 0.29) is 5.28 Å². The number of halogens is 1. The summed E-state index contributed by atoms with van der Waals surface area (Å²) in [4.78, 5) is 7.77. The Balaban J connectivity index is 2.18. The number of nitrogen functional groups attached to an aromatic ring is 1. The van der Waals surface area contributed by atoms with Crippen LogP contribution < -0.4 is 5.73 Å². The van der Waals surface area contributed by atoms with Crippen molar-refractivity contribution in [3.63, 3.8) is 0 Å². The van der Waals surface area contributed by atoms with E-state index < -0.39 is 0 Å². The second-order valence-corrected chi connectivity index (χ2v) is 4.03. The zero-order valence-electron chi connectivity index (χ0n) is 8.33. The molecule has 0 bridgehead atoms. The number of rotatable bonds is 0. The van der Waals surface area contributed by atoms with Gasteiger partial charge in [-0.1, -0.05) is 18.8 Å². The molecule has 1 aliphatic rings. The zero-order valence-corrected chi connectivity index (χ0v) is 9.09. The van der Waals surface area contributed by atoms with E-state index in [0.29, 0.717) is 17.3 Å². The van der Waals surface area contributed by atoms with Crippen LogP contribution in [0.15, 0.2) is 6.20 Å². The lowest BCUT2D eigenvalue weighted by atomic mass is 10.1. The van der Waals surface area contributed by atoms with Crippen LogP contribution in [0.25, 0.3) is 0 Å². The molecule has 1 aliphatic carbocycles. The summed E-state index contributed by atoms with van der Waals surface area (Å²) in [6.45, 7) is 0. The fourth-order valence-corrected chi connectivity index (χ4v) is 1.84. The quantitative estimate of drug-likeness (QED) is 0.540. The molecule has 78 valence electrons. The van der Waals surface area contributed by atoms with E-state index in [1.54, 1.807) is 0 Å². The van der Waals surface area contributed by atoms with E-state index >= 15 is 0 Å². The second-order valence-electron chi connectivity index (χ2n) is 3.69. The standard InChI is InChI=1S/C11H12ClN3/c12-11-14-7-9(13)10(15-11)6-5-8-3-1-2-4-8/h7-8H,1-4,13H2. The Hall–Kier alpha value is -1.27. The number of aromatic nitrogens is 2. The third kappa shape index (κ3) is 2.60. The molecule has 0 spiro atoms. The smallest absolute Gasteiger partial charge is 0.223 e. The number of nitrogens with zero attached hydrogens (tertiary/aromatic N) is 2. The molecule has 0 amide bonds. The van der Waals surface area contributed by atoms with Crippen molar-refractivity contribution in [2.45, 2.75) is 25.7 Å². The van der Waals surface area contributed by atoms with Gasteiger partial charge in [0.05, 0.1) is 11.9 Å². The number of hydrogen-bond donors (Lipinski definition) is 1. The second kappa shape index (κ2) is 4.50. The van der Waals surface area contributed by atoms with Gasteiger partial charge in [0.1, 0.15) is 5.69 Å². The number of anilines is 1. The summed E-state index contributed by atoms with van der Waals surface area (Å²) in [6.07, 6.45) is 6.42. The Morgan fingerprint density at radius 3 is 2.87 bits per heavy atom. The number of hydrogen-bond acceptors (Lipinski definition) is 3. The van der Waals surface area contributed by atoms with Crippen LogP contribution in [0.1, 0.15) is 31.4 Å². The Bertz CT molecular complexity index is 414. The summed E-state index contributed by atoms with van der Waals surface area (Å²) in [5.41, 5.74) is 6.72. The van der Waals surface area contributed by atoms with Crippen molar-refractivity contribution in [1.82, 2.24) is 9.97 Å². The Morgan fingerprint density at radius 1 is 1.40 bits per heavy atom. The molecule has 1 saturated carbocycles. The van der Waals surface area contributed by atoms with Gasteiger partial charge in [0.25, 0.3) is 0 Å². The molecule has 2 N–H and O–H groups in total. The molecule has 0 aliphatic heterocycles. The molecular weight excluding hydrogens is 210 g/mol. The lowest BCUT2D eigenvalue weighted by molar-refractivity contribution is 0.712. The van der Waals surface area contributed by atoms with Gasteiger partial charge in [0.15, 0.2) is 0 Å². The average Bonchev–Trinajstić information content (AvgIpc) is 2.72. The van der Waals surface area contributed by atoms with Crippen molar-refractivity contribution in [2.75, 3.05) is 5.73 Å². The van der Waals surface area contributed by atoms with E-state index in [4.69, 9.17) is 17.3 Å². The van der Waals surface area contributed by atoms with Crippen molar-refractivity contribution < 1.29 is 0 Å². The lowest BCUT2D eigenvalue weighted by Gasteiger charge is -1.98. The molecule has 15 heavy (non-hydrogen) atoms. The van der Waals surface area contributed by atoms with Gasteiger partial charge >= 0.3 is 0 Å². The maximum absolute atomic E-state index is 5.69. The minimum absolute atomic E-state index is 0.194. The third-order valence-corrected chi connectivity index (χ3v) is 2.72. The molecule has 1 heterocycles. The molecule has 0 radical (unpaired) electrons. The Morgan fingerprint density at radius 2 is 2.13 bits per heavy atom. The highest BCUT2D eigenvalue weighted by molar-refractivity contribution is 6.28. The molecule has 1 aromatic heterocycles. The summed E-state index contributed by atoms with van der Waals surface area (Å²) >= 11 is 5.67. The molecule has 0 aromatic carbocycles. The summed E-state index contributed by atoms with van der Waals surface area (Å²) < 4.78 is 0. The molecule has 2 rings (SSSR count). The number of nitrogens with two attached hydrogens (primary N) is 1. The normalized spacial score (nSPS) is 16.1. The largest absolute Gasteiger partial charge is 0.395 e. The van der Waals surface area contributed by atoms with E-state index in [1.807, 2.05) is 0 Å². The van der Waals surface area contributed by atoms with Crippen LogP contribution in [-0.2, 0) is 0 Å². The van der Waals surface area contributed by atoms with Gasteiger partial charge in [0, 0.05) is 5.92 Å². The fourth-order valence-electron chi connectivity index (χ4n) is 1.71. The lowest BCUT2D eigenvalue weighted by Crippen LogP contribution is -1.96. The van der Waals surface area contributed by atoms with Crippen molar-refractivity contribution in [1.29, 1.82) is 0 Å². The summed E-state index contributed by atoms with van der Waals surface area (Å²) in [5, 5.41) is 0.194. The fraction of sp³-hybridized carbons (Fsp3) is 0.455. The van der Waals surface area contributed by atoms with Crippen LogP contribution in [0.5, 0.6) is 0 Å². The van der Waals surface area contributed by atoms with Crippen molar-refractivity contribution in [3.05, 3.63) is 17.2 Å². The molecule has 0 unspecified atom stereocenters. The first-order valence-corrected chi connectivity index (χ1v) is 5.43. The first kappa shape index (κ1) is 10.3. The minimum atomic E-state index is 0.194. The molecule has 1 aromatic rings. The molecule has 1 fully saturated rings. The van der Waals surface area contributed by atoms with Gasteiger partial charge in [0.2, 0.25) is 5.28 Å². The predicted molar refractivity (Wildman–Crippen MR) is 60.3 cm³/mol. The third-order valence-electron chi connectivity index (χ3n) is 2.54. The van der Waals surface area contributed by atoms with Crippen LogP contribution >= 0.6 is 11.6 Å². The van der Waals surface area contributed by atoms with Crippen LogP contribution in [-0.4, -0.2) is 9.97 Å². The molecular formula is C11H12ClN3. The van der Waals surface area contributed by atoms with Crippen LogP contribution in [0.2, 0.25) is 5.28 Å². The highest BCUT2D eigenvalue weighted by Gasteiger charge is 2.11. The highest BCUT2D eigenvalue weighted by atomic mass is 35.5. The van der Waals surface area contributed by atoms with Crippen molar-refractivity contribution >= 4 is 17.3 Å². The van der Waals surface area contributed by atoms with E-state index in [1.165, 1.54) is 31.9 Å². The van der Waals surface area contributed by atoms with Gasteiger partial charge in [-0.2, -0.15) is 0 Å². The maximum atomic E-state index is 5.69. The topological polar surface area (TPSA) is 51.8 Å². The van der Waals surface area contributed by atoms with E-state index in [9.17, 15) is 0 Å². The Kier molecular flexibility index (Phi) is 3.08. The van der Waals surface area contributed by atoms with Gasteiger partial charge < -0.3 is 5.73 Å². The molecule has 0 atom stereocenters. The van der Waals surface area contributed by atoms with Crippen LogP contribution in [0, 0.1) is 17.8 Å². The monoisotopic (exact) mass is 221 g/mol.